The molecular formula is C20H23BrN2O3. The summed E-state index contributed by atoms with van der Waals surface area (Å²) < 4.78 is 12.2. The van der Waals surface area contributed by atoms with Crippen molar-refractivity contribution in [2.45, 2.75) is 31.9 Å². The minimum absolute atomic E-state index is 0.0188. The second-order valence-corrected chi connectivity index (χ2v) is 7.15. The number of carbonyl (C=O) groups is 1. The molecule has 2 aromatic rings. The smallest absolute Gasteiger partial charge is 0.229 e. The number of hydrogen-bond donors (Lipinski definition) is 0. The van der Waals surface area contributed by atoms with Crippen LogP contribution in [0.1, 0.15) is 25.0 Å². The first-order valence-electron chi connectivity index (χ1n) is 8.87. The Kier molecular flexibility index (Phi) is 7.17. The van der Waals surface area contributed by atoms with Crippen molar-refractivity contribution in [3.05, 3.63) is 58.8 Å². The van der Waals surface area contributed by atoms with Crippen molar-refractivity contribution in [3.63, 3.8) is 0 Å². The quantitative estimate of drug-likeness (QED) is 0.608. The third-order valence-corrected chi connectivity index (χ3v) is 4.80. The summed E-state index contributed by atoms with van der Waals surface area (Å²) in [4.78, 5) is 18.9. The fraction of sp³-hybridized carbons (Fsp3) is 0.400. The number of nitrogens with zero attached hydrogens (tertiary/aromatic N) is 2. The maximum atomic E-state index is 12.8. The molecule has 6 heteroatoms. The van der Waals surface area contributed by atoms with Gasteiger partial charge in [-0.2, -0.15) is 0 Å². The van der Waals surface area contributed by atoms with Crippen LogP contribution >= 0.6 is 15.9 Å². The highest BCUT2D eigenvalue weighted by Crippen LogP contribution is 2.21. The molecule has 0 radical (unpaired) electrons. The van der Waals surface area contributed by atoms with E-state index >= 15 is 0 Å². The van der Waals surface area contributed by atoms with Crippen molar-refractivity contribution < 1.29 is 14.3 Å². The lowest BCUT2D eigenvalue weighted by molar-refractivity contribution is -0.120. The van der Waals surface area contributed by atoms with Gasteiger partial charge >= 0.3 is 0 Å². The monoisotopic (exact) mass is 418 g/mol. The van der Waals surface area contributed by atoms with Crippen LogP contribution in [0.3, 0.4) is 0 Å². The van der Waals surface area contributed by atoms with Gasteiger partial charge in [0.25, 0.3) is 0 Å². The zero-order valence-corrected chi connectivity index (χ0v) is 16.2. The van der Waals surface area contributed by atoms with Crippen molar-refractivity contribution in [1.29, 1.82) is 0 Å². The largest absolute Gasteiger partial charge is 0.378 e. The van der Waals surface area contributed by atoms with Gasteiger partial charge in [0.15, 0.2) is 0 Å². The highest BCUT2D eigenvalue weighted by molar-refractivity contribution is 9.10. The fourth-order valence-corrected chi connectivity index (χ4v) is 3.15. The summed E-state index contributed by atoms with van der Waals surface area (Å²) in [6.07, 6.45) is 4.38. The maximum absolute atomic E-state index is 12.8. The molecule has 0 N–H and O–H groups in total. The van der Waals surface area contributed by atoms with E-state index < -0.39 is 0 Å². The van der Waals surface area contributed by atoms with Crippen LogP contribution in [0, 0.1) is 0 Å². The van der Waals surface area contributed by atoms with E-state index in [1.807, 2.05) is 42.5 Å². The van der Waals surface area contributed by atoms with E-state index in [1.165, 1.54) is 0 Å². The van der Waals surface area contributed by atoms with Crippen LogP contribution < -0.4 is 4.90 Å². The molecule has 0 saturated carbocycles. The zero-order chi connectivity index (χ0) is 18.2. The van der Waals surface area contributed by atoms with Gasteiger partial charge in [-0.25, -0.2) is 0 Å². The van der Waals surface area contributed by atoms with Gasteiger partial charge in [0.2, 0.25) is 5.91 Å². The van der Waals surface area contributed by atoms with Crippen LogP contribution in [0.25, 0.3) is 0 Å². The van der Waals surface area contributed by atoms with Gasteiger partial charge in [0, 0.05) is 23.0 Å². The molecule has 1 aliphatic rings. The van der Waals surface area contributed by atoms with Gasteiger partial charge in [-0.1, -0.05) is 22.0 Å². The predicted molar refractivity (Wildman–Crippen MR) is 104 cm³/mol. The summed E-state index contributed by atoms with van der Waals surface area (Å²) in [6, 6.07) is 13.4. The molecule has 0 aliphatic carbocycles. The molecule has 0 bridgehead atoms. The van der Waals surface area contributed by atoms with Crippen LogP contribution in [0.15, 0.2) is 53.1 Å². The van der Waals surface area contributed by atoms with Gasteiger partial charge in [0.1, 0.15) is 0 Å². The fourth-order valence-electron chi connectivity index (χ4n) is 2.88. The Labute approximate surface area is 162 Å². The van der Waals surface area contributed by atoms with Crippen molar-refractivity contribution in [3.8, 4) is 0 Å². The Morgan fingerprint density at radius 1 is 1.27 bits per heavy atom. The van der Waals surface area contributed by atoms with Gasteiger partial charge in [-0.05, 0) is 49.2 Å². The number of anilines is 1. The Balaban J connectivity index is 1.60. The van der Waals surface area contributed by atoms with Gasteiger partial charge < -0.3 is 14.4 Å². The molecule has 138 valence electrons. The van der Waals surface area contributed by atoms with E-state index in [0.29, 0.717) is 26.2 Å². The Morgan fingerprint density at radius 3 is 2.81 bits per heavy atom. The molecular weight excluding hydrogens is 396 g/mol. The van der Waals surface area contributed by atoms with Crippen molar-refractivity contribution >= 4 is 27.5 Å². The summed E-state index contributed by atoms with van der Waals surface area (Å²) in [6.45, 7) is 2.21. The van der Waals surface area contributed by atoms with Gasteiger partial charge in [-0.3, -0.25) is 9.78 Å². The van der Waals surface area contributed by atoms with Crippen molar-refractivity contribution in [1.82, 2.24) is 4.98 Å². The highest BCUT2D eigenvalue weighted by atomic mass is 79.9. The average molecular weight is 419 g/mol. The molecule has 0 spiro atoms. The first kappa shape index (κ1) is 19.0. The molecule has 3 rings (SSSR count). The van der Waals surface area contributed by atoms with Crippen LogP contribution in [0.5, 0.6) is 0 Å². The third kappa shape index (κ3) is 5.62. The first-order valence-corrected chi connectivity index (χ1v) is 9.67. The predicted octanol–water partition coefficient (Wildman–Crippen LogP) is 3.96. The molecule has 1 atom stereocenters. The van der Waals surface area contributed by atoms with Gasteiger partial charge in [0.05, 0.1) is 38.0 Å². The zero-order valence-electron chi connectivity index (χ0n) is 14.6. The molecule has 1 aromatic heterocycles. The van der Waals surface area contributed by atoms with Gasteiger partial charge in [-0.15, -0.1) is 0 Å². The molecule has 1 fully saturated rings. The number of hydrogen-bond acceptors (Lipinski definition) is 4. The number of amides is 1. The minimum atomic E-state index is 0.0188. The lowest BCUT2D eigenvalue weighted by Gasteiger charge is -2.23. The van der Waals surface area contributed by atoms with E-state index in [9.17, 15) is 4.79 Å². The Hall–Kier alpha value is -1.76. The van der Waals surface area contributed by atoms with Crippen LogP contribution in [0.4, 0.5) is 5.69 Å². The molecule has 1 aromatic carbocycles. The first-order chi connectivity index (χ1) is 12.7. The number of ether oxygens (including phenoxy) is 2. The normalized spacial score (nSPS) is 16.6. The van der Waals surface area contributed by atoms with E-state index in [2.05, 4.69) is 20.9 Å². The maximum Gasteiger partial charge on any atom is 0.229 e. The second kappa shape index (κ2) is 9.80. The third-order valence-electron chi connectivity index (χ3n) is 4.27. The SMILES string of the molecule is O=C(CCOCC1CCCO1)N(Cc1ccccn1)c1ccc(Br)cc1. The molecule has 26 heavy (non-hydrogen) atoms. The van der Waals surface area contributed by atoms with E-state index in [0.717, 1.165) is 35.3 Å². The van der Waals surface area contributed by atoms with Crippen LogP contribution in [0.2, 0.25) is 0 Å². The topological polar surface area (TPSA) is 51.7 Å². The lowest BCUT2D eigenvalue weighted by atomic mass is 10.2. The number of pyridine rings is 1. The second-order valence-electron chi connectivity index (χ2n) is 6.24. The van der Waals surface area contributed by atoms with Crippen LogP contribution in [-0.4, -0.2) is 36.8 Å². The minimum Gasteiger partial charge on any atom is -0.378 e. The molecule has 1 amide bonds. The molecule has 2 heterocycles. The number of aromatic nitrogens is 1. The summed E-state index contributed by atoms with van der Waals surface area (Å²) in [5.41, 5.74) is 1.70. The summed E-state index contributed by atoms with van der Waals surface area (Å²) in [5.74, 6) is 0.0188. The molecule has 5 nitrogen and oxygen atoms in total. The molecule has 1 aliphatic heterocycles. The number of carbonyl (C=O) groups excluding carboxylic acids is 1. The molecule has 1 unspecified atom stereocenters. The molecule has 1 saturated heterocycles. The standard InChI is InChI=1S/C20H23BrN2O3/c21-16-6-8-18(9-7-16)23(14-17-4-1-2-11-22-17)20(24)10-13-25-15-19-5-3-12-26-19/h1-2,4,6-9,11,19H,3,5,10,12-15H2. The highest BCUT2D eigenvalue weighted by Gasteiger charge is 2.18. The average Bonchev–Trinajstić information content (AvgIpc) is 3.18. The Morgan fingerprint density at radius 2 is 2.12 bits per heavy atom. The summed E-state index contributed by atoms with van der Waals surface area (Å²) >= 11 is 3.43. The number of halogens is 1. The summed E-state index contributed by atoms with van der Waals surface area (Å²) in [7, 11) is 0. The van der Waals surface area contributed by atoms with Crippen molar-refractivity contribution in [2.75, 3.05) is 24.7 Å². The summed E-state index contributed by atoms with van der Waals surface area (Å²) in [5, 5.41) is 0. The van der Waals surface area contributed by atoms with Crippen molar-refractivity contribution in [2.24, 2.45) is 0 Å². The van der Waals surface area contributed by atoms with E-state index in [-0.39, 0.29) is 12.0 Å². The van der Waals surface area contributed by atoms with E-state index in [1.54, 1.807) is 11.1 Å². The van der Waals surface area contributed by atoms with E-state index in [4.69, 9.17) is 9.47 Å². The van der Waals surface area contributed by atoms with Crippen LogP contribution in [-0.2, 0) is 20.8 Å². The lowest BCUT2D eigenvalue weighted by Crippen LogP contribution is -2.31. The number of rotatable bonds is 8. The Bertz CT molecular complexity index is 688. The number of benzene rings is 1.